The summed E-state index contributed by atoms with van der Waals surface area (Å²) >= 11 is 0. The molecular formula is C16H20N2. The van der Waals surface area contributed by atoms with Gasteiger partial charge in [0.1, 0.15) is 0 Å². The van der Waals surface area contributed by atoms with Crippen molar-refractivity contribution in [1.82, 2.24) is 4.98 Å². The fourth-order valence-electron chi connectivity index (χ4n) is 3.20. The highest BCUT2D eigenvalue weighted by atomic mass is 14.7. The first-order chi connectivity index (χ1) is 8.73. The monoisotopic (exact) mass is 240 g/mol. The standard InChI is InChI=1S/C16H20N2/c1-12-4-5-15-13(8-12)9-14(10-18-15)16(11-17)6-2-3-7-16/h4-5,8-10H,2-3,6-7,11,17H2,1H3. The predicted octanol–water partition coefficient (Wildman–Crippen LogP) is 3.31. The van der Waals surface area contributed by atoms with Gasteiger partial charge in [0.25, 0.3) is 0 Å². The van der Waals surface area contributed by atoms with E-state index in [4.69, 9.17) is 5.73 Å². The molecule has 1 saturated carbocycles. The van der Waals surface area contributed by atoms with Crippen LogP contribution in [0.3, 0.4) is 0 Å². The number of rotatable bonds is 2. The average molecular weight is 240 g/mol. The zero-order valence-electron chi connectivity index (χ0n) is 10.9. The number of nitrogens with zero attached hydrogens (tertiary/aromatic N) is 1. The van der Waals surface area contributed by atoms with E-state index in [9.17, 15) is 0 Å². The zero-order valence-corrected chi connectivity index (χ0v) is 10.9. The molecule has 0 unspecified atom stereocenters. The molecule has 2 heteroatoms. The zero-order chi connectivity index (χ0) is 12.6. The topological polar surface area (TPSA) is 38.9 Å². The fourth-order valence-corrected chi connectivity index (χ4v) is 3.20. The van der Waals surface area contributed by atoms with Gasteiger partial charge in [0, 0.05) is 23.5 Å². The highest BCUT2D eigenvalue weighted by molar-refractivity contribution is 5.80. The van der Waals surface area contributed by atoms with Crippen LogP contribution in [-0.4, -0.2) is 11.5 Å². The molecule has 2 nitrogen and oxygen atoms in total. The van der Waals surface area contributed by atoms with Crippen LogP contribution in [0, 0.1) is 6.92 Å². The van der Waals surface area contributed by atoms with Crippen molar-refractivity contribution in [3.05, 3.63) is 41.6 Å². The average Bonchev–Trinajstić information content (AvgIpc) is 2.88. The normalized spacial score (nSPS) is 18.3. The van der Waals surface area contributed by atoms with Crippen molar-refractivity contribution < 1.29 is 0 Å². The van der Waals surface area contributed by atoms with Gasteiger partial charge < -0.3 is 5.73 Å². The minimum atomic E-state index is 0.185. The lowest BCUT2D eigenvalue weighted by molar-refractivity contribution is 0.452. The van der Waals surface area contributed by atoms with E-state index in [1.807, 2.05) is 6.20 Å². The molecule has 1 heterocycles. The largest absolute Gasteiger partial charge is 0.330 e. The van der Waals surface area contributed by atoms with Crippen LogP contribution in [0.4, 0.5) is 0 Å². The number of fused-ring (bicyclic) bond motifs is 1. The second-order valence-corrected chi connectivity index (χ2v) is 5.61. The summed E-state index contributed by atoms with van der Waals surface area (Å²) in [4.78, 5) is 4.60. The third kappa shape index (κ3) is 1.81. The maximum absolute atomic E-state index is 6.05. The second kappa shape index (κ2) is 4.36. The maximum Gasteiger partial charge on any atom is 0.0702 e. The highest BCUT2D eigenvalue weighted by Crippen LogP contribution is 2.40. The lowest BCUT2D eigenvalue weighted by Gasteiger charge is -2.27. The molecule has 0 aliphatic heterocycles. The Morgan fingerprint density at radius 2 is 2.00 bits per heavy atom. The van der Waals surface area contributed by atoms with Crippen LogP contribution in [0.5, 0.6) is 0 Å². The van der Waals surface area contributed by atoms with E-state index < -0.39 is 0 Å². The molecule has 0 amide bonds. The van der Waals surface area contributed by atoms with E-state index in [0.717, 1.165) is 12.1 Å². The first-order valence-corrected chi connectivity index (χ1v) is 6.80. The SMILES string of the molecule is Cc1ccc2ncc(C3(CN)CCCC3)cc2c1. The van der Waals surface area contributed by atoms with Gasteiger partial charge in [0.05, 0.1) is 5.52 Å². The van der Waals surface area contributed by atoms with Gasteiger partial charge in [-0.15, -0.1) is 0 Å². The van der Waals surface area contributed by atoms with Gasteiger partial charge in [0.2, 0.25) is 0 Å². The van der Waals surface area contributed by atoms with E-state index in [2.05, 4.69) is 36.2 Å². The minimum absolute atomic E-state index is 0.185. The van der Waals surface area contributed by atoms with E-state index in [1.165, 1.54) is 42.2 Å². The first-order valence-electron chi connectivity index (χ1n) is 6.80. The van der Waals surface area contributed by atoms with E-state index in [0.29, 0.717) is 0 Å². The van der Waals surface area contributed by atoms with Crippen molar-refractivity contribution in [3.63, 3.8) is 0 Å². The summed E-state index contributed by atoms with van der Waals surface area (Å²) in [7, 11) is 0. The van der Waals surface area contributed by atoms with Gasteiger partial charge >= 0.3 is 0 Å². The third-order valence-corrected chi connectivity index (χ3v) is 4.40. The van der Waals surface area contributed by atoms with Crippen LogP contribution in [-0.2, 0) is 5.41 Å². The van der Waals surface area contributed by atoms with Gasteiger partial charge in [-0.25, -0.2) is 0 Å². The molecule has 1 fully saturated rings. The van der Waals surface area contributed by atoms with Gasteiger partial charge in [-0.3, -0.25) is 4.98 Å². The molecule has 94 valence electrons. The van der Waals surface area contributed by atoms with Crippen molar-refractivity contribution in [1.29, 1.82) is 0 Å². The Morgan fingerprint density at radius 1 is 1.22 bits per heavy atom. The van der Waals surface area contributed by atoms with Gasteiger partial charge in [0.15, 0.2) is 0 Å². The number of aryl methyl sites for hydroxylation is 1. The molecule has 1 aromatic carbocycles. The Balaban J connectivity index is 2.12. The van der Waals surface area contributed by atoms with Crippen molar-refractivity contribution in [3.8, 4) is 0 Å². The number of hydrogen-bond acceptors (Lipinski definition) is 2. The smallest absolute Gasteiger partial charge is 0.0702 e. The summed E-state index contributed by atoms with van der Waals surface area (Å²) < 4.78 is 0. The third-order valence-electron chi connectivity index (χ3n) is 4.40. The number of nitrogens with two attached hydrogens (primary N) is 1. The molecule has 3 rings (SSSR count). The number of benzene rings is 1. The molecule has 0 radical (unpaired) electrons. The van der Waals surface area contributed by atoms with Crippen LogP contribution in [0.15, 0.2) is 30.5 Å². The van der Waals surface area contributed by atoms with Crippen LogP contribution in [0.2, 0.25) is 0 Å². The summed E-state index contributed by atoms with van der Waals surface area (Å²) in [5.74, 6) is 0. The second-order valence-electron chi connectivity index (χ2n) is 5.61. The molecule has 1 aliphatic carbocycles. The Bertz CT molecular complexity index is 568. The molecule has 0 saturated heterocycles. The lowest BCUT2D eigenvalue weighted by atomic mass is 9.79. The van der Waals surface area contributed by atoms with E-state index in [-0.39, 0.29) is 5.41 Å². The first kappa shape index (κ1) is 11.7. The van der Waals surface area contributed by atoms with Crippen molar-refractivity contribution >= 4 is 10.9 Å². The molecule has 2 N–H and O–H groups in total. The Morgan fingerprint density at radius 3 is 2.72 bits per heavy atom. The highest BCUT2D eigenvalue weighted by Gasteiger charge is 2.34. The molecule has 1 aromatic heterocycles. The molecule has 18 heavy (non-hydrogen) atoms. The molecule has 2 aromatic rings. The van der Waals surface area contributed by atoms with Gasteiger partial charge in [-0.05, 0) is 43.5 Å². The summed E-state index contributed by atoms with van der Waals surface area (Å²) in [6.07, 6.45) is 7.05. The van der Waals surface area contributed by atoms with E-state index >= 15 is 0 Å². The molecule has 0 bridgehead atoms. The van der Waals surface area contributed by atoms with Crippen LogP contribution in [0.1, 0.15) is 36.8 Å². The molecular weight excluding hydrogens is 220 g/mol. The van der Waals surface area contributed by atoms with Gasteiger partial charge in [-0.2, -0.15) is 0 Å². The Labute approximate surface area is 108 Å². The number of pyridine rings is 1. The van der Waals surface area contributed by atoms with Gasteiger partial charge in [-0.1, -0.05) is 24.5 Å². The quantitative estimate of drug-likeness (QED) is 0.874. The van der Waals surface area contributed by atoms with E-state index in [1.54, 1.807) is 0 Å². The van der Waals surface area contributed by atoms with Crippen LogP contribution in [0.25, 0.3) is 10.9 Å². The Hall–Kier alpha value is -1.41. The van der Waals surface area contributed by atoms with Crippen LogP contribution >= 0.6 is 0 Å². The number of hydrogen-bond donors (Lipinski definition) is 1. The maximum atomic E-state index is 6.05. The molecule has 0 atom stereocenters. The number of aromatic nitrogens is 1. The van der Waals surface area contributed by atoms with Crippen molar-refractivity contribution in [2.24, 2.45) is 5.73 Å². The predicted molar refractivity (Wildman–Crippen MR) is 75.7 cm³/mol. The van der Waals surface area contributed by atoms with Crippen molar-refractivity contribution in [2.45, 2.75) is 38.0 Å². The lowest BCUT2D eigenvalue weighted by Crippen LogP contribution is -2.32. The summed E-state index contributed by atoms with van der Waals surface area (Å²) in [6.45, 7) is 2.87. The van der Waals surface area contributed by atoms with Crippen molar-refractivity contribution in [2.75, 3.05) is 6.54 Å². The Kier molecular flexibility index (Phi) is 2.83. The van der Waals surface area contributed by atoms with Crippen LogP contribution < -0.4 is 5.73 Å². The summed E-state index contributed by atoms with van der Waals surface area (Å²) in [5.41, 5.74) is 9.93. The fraction of sp³-hybridized carbons (Fsp3) is 0.438. The minimum Gasteiger partial charge on any atom is -0.330 e. The molecule has 0 spiro atoms. The summed E-state index contributed by atoms with van der Waals surface area (Å²) in [5, 5.41) is 1.24. The summed E-state index contributed by atoms with van der Waals surface area (Å²) in [6, 6.07) is 8.72. The molecule has 1 aliphatic rings.